The van der Waals surface area contributed by atoms with Crippen molar-refractivity contribution in [3.63, 3.8) is 0 Å². The Morgan fingerprint density at radius 1 is 1.45 bits per heavy atom. The predicted molar refractivity (Wildman–Crippen MR) is 76.9 cm³/mol. The Bertz CT molecular complexity index is 592. The van der Waals surface area contributed by atoms with Gasteiger partial charge in [0, 0.05) is 25.0 Å². The first-order valence-electron chi connectivity index (χ1n) is 6.42. The number of likely N-dealkylation sites (N-methyl/N-ethyl adjacent to an activating group) is 1. The SMILES string of the molecule is COc1cccc(C(=O)CN(C)Cc2nccn2C)c1. The smallest absolute Gasteiger partial charge is 0.176 e. The Morgan fingerprint density at radius 2 is 2.25 bits per heavy atom. The summed E-state index contributed by atoms with van der Waals surface area (Å²) in [4.78, 5) is 18.4. The Balaban J connectivity index is 1.98. The molecule has 0 atom stereocenters. The maximum absolute atomic E-state index is 12.2. The normalized spacial score (nSPS) is 10.8. The first-order chi connectivity index (χ1) is 9.60. The molecule has 5 heteroatoms. The largest absolute Gasteiger partial charge is 0.497 e. The van der Waals surface area contributed by atoms with E-state index in [1.54, 1.807) is 25.4 Å². The fourth-order valence-corrected chi connectivity index (χ4v) is 1.98. The molecule has 1 aromatic heterocycles. The van der Waals surface area contributed by atoms with Crippen molar-refractivity contribution in [3.05, 3.63) is 48.0 Å². The third-order valence-corrected chi connectivity index (χ3v) is 3.14. The maximum atomic E-state index is 12.2. The molecule has 0 saturated carbocycles. The van der Waals surface area contributed by atoms with Crippen LogP contribution in [0.5, 0.6) is 5.75 Å². The van der Waals surface area contributed by atoms with Crippen molar-refractivity contribution in [2.24, 2.45) is 7.05 Å². The van der Waals surface area contributed by atoms with Gasteiger partial charge in [0.05, 0.1) is 20.2 Å². The highest BCUT2D eigenvalue weighted by atomic mass is 16.5. The van der Waals surface area contributed by atoms with E-state index < -0.39 is 0 Å². The molecule has 1 aromatic carbocycles. The molecule has 2 rings (SSSR count). The number of aryl methyl sites for hydroxylation is 1. The van der Waals surface area contributed by atoms with Gasteiger partial charge in [-0.25, -0.2) is 4.98 Å². The molecule has 0 fully saturated rings. The summed E-state index contributed by atoms with van der Waals surface area (Å²) >= 11 is 0. The van der Waals surface area contributed by atoms with Crippen LogP contribution in [-0.4, -0.2) is 40.9 Å². The number of ketones is 1. The van der Waals surface area contributed by atoms with Gasteiger partial charge in [0.25, 0.3) is 0 Å². The van der Waals surface area contributed by atoms with Crippen LogP contribution in [0.25, 0.3) is 0 Å². The summed E-state index contributed by atoms with van der Waals surface area (Å²) in [7, 11) is 5.45. The fraction of sp³-hybridized carbons (Fsp3) is 0.333. The minimum atomic E-state index is 0.0700. The summed E-state index contributed by atoms with van der Waals surface area (Å²) in [5.74, 6) is 1.70. The van der Waals surface area contributed by atoms with Crippen LogP contribution < -0.4 is 4.74 Å². The van der Waals surface area contributed by atoms with Crippen LogP contribution in [0.2, 0.25) is 0 Å². The Labute approximate surface area is 118 Å². The number of aromatic nitrogens is 2. The predicted octanol–water partition coefficient (Wildman–Crippen LogP) is 1.74. The van der Waals surface area contributed by atoms with Crippen molar-refractivity contribution in [2.45, 2.75) is 6.54 Å². The molecule has 0 saturated heterocycles. The standard InChI is InChI=1S/C15H19N3O2/c1-17(11-15-16-7-8-18(15)2)10-14(19)12-5-4-6-13(9-12)20-3/h4-9H,10-11H2,1-3H3. The van der Waals surface area contributed by atoms with Crippen molar-refractivity contribution >= 4 is 5.78 Å². The Hall–Kier alpha value is -2.14. The lowest BCUT2D eigenvalue weighted by Crippen LogP contribution is -2.26. The molecule has 0 spiro atoms. The minimum absolute atomic E-state index is 0.0700. The van der Waals surface area contributed by atoms with Gasteiger partial charge in [-0.2, -0.15) is 0 Å². The first-order valence-corrected chi connectivity index (χ1v) is 6.42. The fourth-order valence-electron chi connectivity index (χ4n) is 1.98. The highest BCUT2D eigenvalue weighted by molar-refractivity contribution is 5.97. The summed E-state index contributed by atoms with van der Waals surface area (Å²) in [6.07, 6.45) is 3.65. The summed E-state index contributed by atoms with van der Waals surface area (Å²) in [6, 6.07) is 7.22. The summed E-state index contributed by atoms with van der Waals surface area (Å²) in [6.45, 7) is 0.985. The van der Waals surface area contributed by atoms with Gasteiger partial charge in [-0.3, -0.25) is 9.69 Å². The summed E-state index contributed by atoms with van der Waals surface area (Å²) in [5, 5.41) is 0. The number of nitrogens with zero attached hydrogens (tertiary/aromatic N) is 3. The van der Waals surface area contributed by atoms with Gasteiger partial charge < -0.3 is 9.30 Å². The topological polar surface area (TPSA) is 47.4 Å². The van der Waals surface area contributed by atoms with E-state index >= 15 is 0 Å². The highest BCUT2D eigenvalue weighted by Crippen LogP contribution is 2.13. The molecular weight excluding hydrogens is 254 g/mol. The molecule has 106 valence electrons. The summed E-state index contributed by atoms with van der Waals surface area (Å²) in [5.41, 5.74) is 0.663. The number of carbonyl (C=O) groups is 1. The van der Waals surface area contributed by atoms with Gasteiger partial charge in [0.1, 0.15) is 11.6 Å². The van der Waals surface area contributed by atoms with Crippen molar-refractivity contribution in [2.75, 3.05) is 20.7 Å². The van der Waals surface area contributed by atoms with E-state index in [9.17, 15) is 4.79 Å². The number of hydrogen-bond donors (Lipinski definition) is 0. The quantitative estimate of drug-likeness (QED) is 0.752. The molecule has 0 unspecified atom stereocenters. The molecule has 0 radical (unpaired) electrons. The van der Waals surface area contributed by atoms with Gasteiger partial charge in [-0.05, 0) is 19.2 Å². The van der Waals surface area contributed by atoms with E-state index in [4.69, 9.17) is 4.74 Å². The zero-order valence-corrected chi connectivity index (χ0v) is 12.0. The third kappa shape index (κ3) is 3.45. The van der Waals surface area contributed by atoms with Gasteiger partial charge in [0.15, 0.2) is 5.78 Å². The number of methoxy groups -OCH3 is 1. The minimum Gasteiger partial charge on any atom is -0.497 e. The number of rotatable bonds is 6. The molecular formula is C15H19N3O2. The average molecular weight is 273 g/mol. The Morgan fingerprint density at radius 3 is 2.90 bits per heavy atom. The van der Waals surface area contributed by atoms with Gasteiger partial charge in [-0.1, -0.05) is 12.1 Å². The number of Topliss-reactive ketones (excluding diaryl/α,β-unsaturated/α-hetero) is 1. The lowest BCUT2D eigenvalue weighted by atomic mass is 10.1. The van der Waals surface area contributed by atoms with Crippen LogP contribution >= 0.6 is 0 Å². The molecule has 2 aromatic rings. The number of hydrogen-bond acceptors (Lipinski definition) is 4. The lowest BCUT2D eigenvalue weighted by Gasteiger charge is -2.15. The molecule has 0 aliphatic rings. The molecule has 5 nitrogen and oxygen atoms in total. The van der Waals surface area contributed by atoms with Crippen molar-refractivity contribution in [1.29, 1.82) is 0 Å². The second kappa shape index (κ2) is 6.34. The number of benzene rings is 1. The van der Waals surface area contributed by atoms with Gasteiger partial charge in [0.2, 0.25) is 0 Å². The molecule has 0 aliphatic carbocycles. The summed E-state index contributed by atoms with van der Waals surface area (Å²) < 4.78 is 7.08. The highest BCUT2D eigenvalue weighted by Gasteiger charge is 2.12. The van der Waals surface area contributed by atoms with E-state index in [-0.39, 0.29) is 5.78 Å². The van der Waals surface area contributed by atoms with Crippen LogP contribution in [0.15, 0.2) is 36.7 Å². The molecule has 0 N–H and O–H groups in total. The maximum Gasteiger partial charge on any atom is 0.176 e. The third-order valence-electron chi connectivity index (χ3n) is 3.14. The monoisotopic (exact) mass is 273 g/mol. The van der Waals surface area contributed by atoms with Crippen LogP contribution in [-0.2, 0) is 13.6 Å². The number of ether oxygens (including phenoxy) is 1. The molecule has 20 heavy (non-hydrogen) atoms. The molecule has 1 heterocycles. The lowest BCUT2D eigenvalue weighted by molar-refractivity contribution is 0.0941. The van der Waals surface area contributed by atoms with Crippen LogP contribution in [0.3, 0.4) is 0 Å². The molecule has 0 aliphatic heterocycles. The van der Waals surface area contributed by atoms with Gasteiger partial charge in [-0.15, -0.1) is 0 Å². The van der Waals surface area contributed by atoms with E-state index in [1.807, 2.05) is 41.9 Å². The number of imidazole rings is 1. The van der Waals surface area contributed by atoms with Crippen molar-refractivity contribution < 1.29 is 9.53 Å². The first kappa shape index (κ1) is 14.3. The van der Waals surface area contributed by atoms with Crippen molar-refractivity contribution in [3.8, 4) is 5.75 Å². The zero-order chi connectivity index (χ0) is 14.5. The second-order valence-electron chi connectivity index (χ2n) is 4.78. The van der Waals surface area contributed by atoms with E-state index in [0.717, 1.165) is 5.82 Å². The van der Waals surface area contributed by atoms with Crippen LogP contribution in [0, 0.1) is 0 Å². The van der Waals surface area contributed by atoms with E-state index in [0.29, 0.717) is 24.4 Å². The average Bonchev–Trinajstić information content (AvgIpc) is 2.84. The van der Waals surface area contributed by atoms with E-state index in [2.05, 4.69) is 4.98 Å². The van der Waals surface area contributed by atoms with Crippen LogP contribution in [0.4, 0.5) is 0 Å². The molecule has 0 bridgehead atoms. The van der Waals surface area contributed by atoms with Crippen molar-refractivity contribution in [1.82, 2.24) is 14.5 Å². The zero-order valence-electron chi connectivity index (χ0n) is 12.0. The second-order valence-corrected chi connectivity index (χ2v) is 4.78. The molecule has 0 amide bonds. The van der Waals surface area contributed by atoms with E-state index in [1.165, 1.54) is 0 Å². The number of carbonyl (C=O) groups excluding carboxylic acids is 1. The van der Waals surface area contributed by atoms with Gasteiger partial charge >= 0.3 is 0 Å². The van der Waals surface area contributed by atoms with Crippen LogP contribution in [0.1, 0.15) is 16.2 Å². The Kier molecular flexibility index (Phi) is 4.53.